The second-order valence-corrected chi connectivity index (χ2v) is 5.70. The van der Waals surface area contributed by atoms with E-state index in [0.717, 1.165) is 19.3 Å². The molecular formula is C14H24N2O3. The van der Waals surface area contributed by atoms with Crippen molar-refractivity contribution in [3.8, 4) is 0 Å². The van der Waals surface area contributed by atoms with E-state index in [0.29, 0.717) is 23.6 Å². The van der Waals surface area contributed by atoms with E-state index in [1.165, 1.54) is 0 Å². The summed E-state index contributed by atoms with van der Waals surface area (Å²) in [7, 11) is 3.28. The monoisotopic (exact) mass is 268 g/mol. The minimum atomic E-state index is -0.216. The standard InChI is InChI=1S/C14H24N2O3/c1-8(2)11-13(18-3)16-12(14(15-11)19-4)9-5-6-10(17)7-9/h8-12,17H,5-7H2,1-4H3/t9-,10+,11+,12-/m1/s1. The Bertz CT molecular complexity index is 379. The first kappa shape index (κ1) is 14.3. The van der Waals surface area contributed by atoms with Gasteiger partial charge in [0.1, 0.15) is 12.1 Å². The summed E-state index contributed by atoms with van der Waals surface area (Å²) in [6.07, 6.45) is 2.34. The van der Waals surface area contributed by atoms with E-state index in [9.17, 15) is 5.11 Å². The highest BCUT2D eigenvalue weighted by Gasteiger charge is 2.38. The fourth-order valence-corrected chi connectivity index (χ4v) is 2.90. The lowest BCUT2D eigenvalue weighted by molar-refractivity contribution is 0.176. The molecule has 0 aromatic carbocycles. The smallest absolute Gasteiger partial charge is 0.209 e. The summed E-state index contributed by atoms with van der Waals surface area (Å²) in [5.74, 6) is 1.98. The number of aliphatic imine (C=N–C) groups is 2. The number of aliphatic hydroxyl groups excluding tert-OH is 1. The molecule has 0 spiro atoms. The van der Waals surface area contributed by atoms with Crippen molar-refractivity contribution >= 4 is 11.8 Å². The molecular weight excluding hydrogens is 244 g/mol. The zero-order valence-corrected chi connectivity index (χ0v) is 12.2. The Balaban J connectivity index is 2.23. The van der Waals surface area contributed by atoms with Crippen LogP contribution in [-0.4, -0.2) is 49.3 Å². The first-order valence-electron chi connectivity index (χ1n) is 6.98. The third-order valence-electron chi connectivity index (χ3n) is 3.98. The van der Waals surface area contributed by atoms with Gasteiger partial charge in [-0.15, -0.1) is 0 Å². The van der Waals surface area contributed by atoms with Gasteiger partial charge in [-0.25, -0.2) is 9.98 Å². The van der Waals surface area contributed by atoms with Crippen LogP contribution in [0.1, 0.15) is 33.1 Å². The Labute approximate surface area is 114 Å². The van der Waals surface area contributed by atoms with E-state index in [1.807, 2.05) is 0 Å². The second-order valence-electron chi connectivity index (χ2n) is 5.70. The maximum absolute atomic E-state index is 9.69. The van der Waals surface area contributed by atoms with Crippen molar-refractivity contribution in [3.63, 3.8) is 0 Å². The van der Waals surface area contributed by atoms with Crippen LogP contribution in [0.3, 0.4) is 0 Å². The largest absolute Gasteiger partial charge is 0.483 e. The summed E-state index contributed by atoms with van der Waals surface area (Å²) in [5.41, 5.74) is 0. The molecule has 0 aromatic heterocycles. The highest BCUT2D eigenvalue weighted by molar-refractivity contribution is 5.94. The molecule has 1 saturated carbocycles. The van der Waals surface area contributed by atoms with Crippen LogP contribution in [0.4, 0.5) is 0 Å². The molecule has 5 heteroatoms. The zero-order chi connectivity index (χ0) is 14.0. The third kappa shape index (κ3) is 2.91. The summed E-state index contributed by atoms with van der Waals surface area (Å²) >= 11 is 0. The van der Waals surface area contributed by atoms with Gasteiger partial charge in [0.15, 0.2) is 0 Å². The molecule has 1 fully saturated rings. The number of aliphatic hydroxyl groups is 1. The Hall–Kier alpha value is -1.10. The van der Waals surface area contributed by atoms with Gasteiger partial charge < -0.3 is 14.6 Å². The average Bonchev–Trinajstić information content (AvgIpc) is 2.83. The predicted octanol–water partition coefficient (Wildman–Crippen LogP) is 1.64. The molecule has 0 bridgehead atoms. The number of rotatable bonds is 2. The first-order valence-corrected chi connectivity index (χ1v) is 6.98. The van der Waals surface area contributed by atoms with E-state index >= 15 is 0 Å². The average molecular weight is 268 g/mol. The van der Waals surface area contributed by atoms with Crippen LogP contribution < -0.4 is 0 Å². The van der Waals surface area contributed by atoms with Crippen LogP contribution in [0.25, 0.3) is 0 Å². The SMILES string of the molecule is COC1=N[C@H]([C@@H]2CC[C@H](O)C2)C(OC)=N[C@H]1C(C)C. The molecule has 1 aliphatic heterocycles. The Morgan fingerprint density at radius 1 is 1.11 bits per heavy atom. The number of nitrogens with zero attached hydrogens (tertiary/aromatic N) is 2. The van der Waals surface area contributed by atoms with Crippen LogP contribution in [-0.2, 0) is 9.47 Å². The lowest BCUT2D eigenvalue weighted by Crippen LogP contribution is -2.40. The van der Waals surface area contributed by atoms with Crippen molar-refractivity contribution in [2.45, 2.75) is 51.3 Å². The van der Waals surface area contributed by atoms with Crippen LogP contribution in [0.15, 0.2) is 9.98 Å². The molecule has 4 atom stereocenters. The lowest BCUT2D eigenvalue weighted by Gasteiger charge is -2.29. The van der Waals surface area contributed by atoms with Crippen molar-refractivity contribution in [2.24, 2.45) is 21.8 Å². The molecule has 108 valence electrons. The van der Waals surface area contributed by atoms with Gasteiger partial charge in [-0.05, 0) is 31.1 Å². The first-order chi connectivity index (χ1) is 9.06. The maximum atomic E-state index is 9.69. The van der Waals surface area contributed by atoms with Crippen molar-refractivity contribution in [3.05, 3.63) is 0 Å². The third-order valence-corrected chi connectivity index (χ3v) is 3.98. The van der Waals surface area contributed by atoms with E-state index in [2.05, 4.69) is 18.8 Å². The fourth-order valence-electron chi connectivity index (χ4n) is 2.90. The van der Waals surface area contributed by atoms with Gasteiger partial charge in [0.2, 0.25) is 11.8 Å². The van der Waals surface area contributed by atoms with Crippen molar-refractivity contribution in [2.75, 3.05) is 14.2 Å². The van der Waals surface area contributed by atoms with Gasteiger partial charge in [-0.3, -0.25) is 0 Å². The van der Waals surface area contributed by atoms with Crippen molar-refractivity contribution in [1.29, 1.82) is 0 Å². The summed E-state index contributed by atoms with van der Waals surface area (Å²) in [6, 6.07) is -0.172. The van der Waals surface area contributed by atoms with Gasteiger partial charge in [0.05, 0.1) is 20.3 Å². The van der Waals surface area contributed by atoms with Gasteiger partial charge in [-0.2, -0.15) is 0 Å². The molecule has 1 aliphatic carbocycles. The number of hydrogen-bond donors (Lipinski definition) is 1. The summed E-state index contributed by atoms with van der Waals surface area (Å²) in [5, 5.41) is 9.69. The van der Waals surface area contributed by atoms with Gasteiger partial charge in [-0.1, -0.05) is 13.8 Å². The Morgan fingerprint density at radius 3 is 2.26 bits per heavy atom. The van der Waals surface area contributed by atoms with Crippen LogP contribution >= 0.6 is 0 Å². The molecule has 1 N–H and O–H groups in total. The van der Waals surface area contributed by atoms with E-state index in [-0.39, 0.29) is 18.2 Å². The molecule has 5 nitrogen and oxygen atoms in total. The van der Waals surface area contributed by atoms with Crippen molar-refractivity contribution < 1.29 is 14.6 Å². The summed E-state index contributed by atoms with van der Waals surface area (Å²) in [6.45, 7) is 4.19. The highest BCUT2D eigenvalue weighted by atomic mass is 16.5. The quantitative estimate of drug-likeness (QED) is 0.828. The predicted molar refractivity (Wildman–Crippen MR) is 74.6 cm³/mol. The van der Waals surface area contributed by atoms with E-state index in [1.54, 1.807) is 14.2 Å². The molecule has 0 amide bonds. The fraction of sp³-hybridized carbons (Fsp3) is 0.857. The minimum Gasteiger partial charge on any atom is -0.483 e. The molecule has 2 aliphatic rings. The Kier molecular flexibility index (Phi) is 4.45. The molecule has 1 heterocycles. The van der Waals surface area contributed by atoms with Crippen LogP contribution in [0, 0.1) is 11.8 Å². The number of ether oxygens (including phenoxy) is 2. The van der Waals surface area contributed by atoms with Gasteiger partial charge in [0, 0.05) is 0 Å². The van der Waals surface area contributed by atoms with Crippen LogP contribution in [0.2, 0.25) is 0 Å². The van der Waals surface area contributed by atoms with E-state index < -0.39 is 0 Å². The second kappa shape index (κ2) is 5.90. The molecule has 0 radical (unpaired) electrons. The van der Waals surface area contributed by atoms with Crippen LogP contribution in [0.5, 0.6) is 0 Å². The van der Waals surface area contributed by atoms with Gasteiger partial charge in [0.25, 0.3) is 0 Å². The lowest BCUT2D eigenvalue weighted by atomic mass is 9.95. The highest BCUT2D eigenvalue weighted by Crippen LogP contribution is 2.33. The molecule has 19 heavy (non-hydrogen) atoms. The summed E-state index contributed by atoms with van der Waals surface area (Å²) < 4.78 is 10.8. The normalized spacial score (nSPS) is 35.1. The molecule has 2 rings (SSSR count). The number of methoxy groups -OCH3 is 2. The molecule has 0 saturated heterocycles. The Morgan fingerprint density at radius 2 is 1.79 bits per heavy atom. The summed E-state index contributed by atoms with van der Waals surface area (Å²) in [4.78, 5) is 9.36. The number of hydrogen-bond acceptors (Lipinski definition) is 5. The van der Waals surface area contributed by atoms with E-state index in [4.69, 9.17) is 14.5 Å². The molecule has 0 unspecified atom stereocenters. The minimum absolute atomic E-state index is 0.0671. The van der Waals surface area contributed by atoms with Crippen molar-refractivity contribution in [1.82, 2.24) is 0 Å². The maximum Gasteiger partial charge on any atom is 0.209 e. The topological polar surface area (TPSA) is 63.4 Å². The van der Waals surface area contributed by atoms with Gasteiger partial charge >= 0.3 is 0 Å². The molecule has 0 aromatic rings. The zero-order valence-electron chi connectivity index (χ0n) is 12.2.